The lowest BCUT2D eigenvalue weighted by atomic mass is 10.1. The zero-order chi connectivity index (χ0) is 13.3. The van der Waals surface area contributed by atoms with Gasteiger partial charge in [0.25, 0.3) is 11.8 Å². The number of carbonyl (C=O) groups is 3. The van der Waals surface area contributed by atoms with E-state index in [-0.39, 0.29) is 24.1 Å². The number of amides is 2. The summed E-state index contributed by atoms with van der Waals surface area (Å²) in [6.07, 6.45) is 1.10. The molecule has 1 aliphatic heterocycles. The smallest absolute Gasteiger partial charge is 0.262 e. The molecule has 0 atom stereocenters. The van der Waals surface area contributed by atoms with Crippen molar-refractivity contribution in [3.05, 3.63) is 33.8 Å². The topological polar surface area (TPSA) is 54.5 Å². The minimum absolute atomic E-state index is 0.0916. The Bertz CT molecular complexity index is 539. The van der Waals surface area contributed by atoms with Gasteiger partial charge in [-0.05, 0) is 24.6 Å². The summed E-state index contributed by atoms with van der Waals surface area (Å²) in [5.41, 5.74) is 0.728. The van der Waals surface area contributed by atoms with Gasteiger partial charge >= 0.3 is 0 Å². The predicted octanol–water partition coefficient (Wildman–Crippen LogP) is 2.41. The molecular formula is C13H12BrNO3. The van der Waals surface area contributed by atoms with Crippen LogP contribution in [-0.2, 0) is 4.79 Å². The monoisotopic (exact) mass is 309 g/mol. The third-order valence-corrected chi connectivity index (χ3v) is 3.29. The maximum absolute atomic E-state index is 12.0. The van der Waals surface area contributed by atoms with Crippen LogP contribution in [0.15, 0.2) is 22.7 Å². The number of fused-ring (bicyclic) bond motifs is 1. The van der Waals surface area contributed by atoms with Gasteiger partial charge in [0.2, 0.25) is 0 Å². The molecule has 94 valence electrons. The van der Waals surface area contributed by atoms with Crippen LogP contribution in [-0.4, -0.2) is 29.0 Å². The number of rotatable bonds is 4. The summed E-state index contributed by atoms with van der Waals surface area (Å²) in [6, 6.07) is 4.92. The summed E-state index contributed by atoms with van der Waals surface area (Å²) in [5.74, 6) is -0.862. The van der Waals surface area contributed by atoms with Crippen LogP contribution >= 0.6 is 15.9 Å². The molecule has 0 N–H and O–H groups in total. The van der Waals surface area contributed by atoms with Gasteiger partial charge in [0.05, 0.1) is 17.7 Å². The number of Topliss-reactive ketones (excluding diaryl/α,β-unsaturated/α-hetero) is 1. The molecule has 1 heterocycles. The largest absolute Gasteiger partial charge is 0.298 e. The number of hydrogen-bond acceptors (Lipinski definition) is 3. The maximum atomic E-state index is 12.0. The molecular weight excluding hydrogens is 298 g/mol. The zero-order valence-electron chi connectivity index (χ0n) is 9.90. The van der Waals surface area contributed by atoms with E-state index in [1.165, 1.54) is 0 Å². The van der Waals surface area contributed by atoms with Crippen LogP contribution in [0.25, 0.3) is 0 Å². The molecule has 2 rings (SSSR count). The normalized spacial score (nSPS) is 14.0. The number of nitrogens with zero attached hydrogens (tertiary/aromatic N) is 1. The molecule has 0 fully saturated rings. The van der Waals surface area contributed by atoms with E-state index in [4.69, 9.17) is 0 Å². The number of halogens is 1. The summed E-state index contributed by atoms with van der Waals surface area (Å²) >= 11 is 3.26. The van der Waals surface area contributed by atoms with Crippen LogP contribution in [0.4, 0.5) is 0 Å². The molecule has 1 aromatic carbocycles. The minimum atomic E-state index is -0.388. The van der Waals surface area contributed by atoms with Crippen molar-refractivity contribution in [3.8, 4) is 0 Å². The van der Waals surface area contributed by atoms with E-state index in [1.54, 1.807) is 18.2 Å². The standard InChI is InChI=1S/C13H12BrNO3/c1-2-3-9(16)7-15-12(17)10-5-4-8(14)6-11(10)13(15)18/h4-6H,2-3,7H2,1H3. The van der Waals surface area contributed by atoms with Gasteiger partial charge in [0.1, 0.15) is 0 Å². The van der Waals surface area contributed by atoms with Crippen LogP contribution in [0.5, 0.6) is 0 Å². The number of imide groups is 1. The Hall–Kier alpha value is -1.49. The molecule has 1 aliphatic rings. The van der Waals surface area contributed by atoms with Crippen LogP contribution in [0.3, 0.4) is 0 Å². The maximum Gasteiger partial charge on any atom is 0.262 e. The Kier molecular flexibility index (Phi) is 3.61. The van der Waals surface area contributed by atoms with Crippen molar-refractivity contribution in [1.29, 1.82) is 0 Å². The SMILES string of the molecule is CCCC(=O)CN1C(=O)c2ccc(Br)cc2C1=O. The number of carbonyl (C=O) groups excluding carboxylic acids is 3. The summed E-state index contributed by atoms with van der Waals surface area (Å²) in [6.45, 7) is 1.76. The van der Waals surface area contributed by atoms with Crippen LogP contribution < -0.4 is 0 Å². The Labute approximate surface area is 113 Å². The molecule has 18 heavy (non-hydrogen) atoms. The molecule has 0 unspecified atom stereocenters. The van der Waals surface area contributed by atoms with Crippen molar-refractivity contribution < 1.29 is 14.4 Å². The molecule has 0 saturated heterocycles. The minimum Gasteiger partial charge on any atom is -0.298 e. The van der Waals surface area contributed by atoms with E-state index in [9.17, 15) is 14.4 Å². The van der Waals surface area contributed by atoms with Gasteiger partial charge in [0.15, 0.2) is 5.78 Å². The Morgan fingerprint density at radius 3 is 2.56 bits per heavy atom. The Morgan fingerprint density at radius 2 is 1.89 bits per heavy atom. The molecule has 4 nitrogen and oxygen atoms in total. The van der Waals surface area contributed by atoms with Gasteiger partial charge < -0.3 is 0 Å². The van der Waals surface area contributed by atoms with Gasteiger partial charge in [-0.15, -0.1) is 0 Å². The zero-order valence-corrected chi connectivity index (χ0v) is 11.5. The highest BCUT2D eigenvalue weighted by molar-refractivity contribution is 9.10. The highest BCUT2D eigenvalue weighted by atomic mass is 79.9. The van der Waals surface area contributed by atoms with Crippen molar-refractivity contribution in [1.82, 2.24) is 4.90 Å². The van der Waals surface area contributed by atoms with E-state index in [0.29, 0.717) is 24.0 Å². The number of hydrogen-bond donors (Lipinski definition) is 0. The quantitative estimate of drug-likeness (QED) is 0.803. The molecule has 5 heteroatoms. The third kappa shape index (κ3) is 2.22. The average Bonchev–Trinajstić information content (AvgIpc) is 2.55. The van der Waals surface area contributed by atoms with Gasteiger partial charge in [0, 0.05) is 10.9 Å². The second-order valence-electron chi connectivity index (χ2n) is 4.18. The molecule has 0 aromatic heterocycles. The van der Waals surface area contributed by atoms with Crippen molar-refractivity contribution in [3.63, 3.8) is 0 Å². The summed E-state index contributed by atoms with van der Waals surface area (Å²) in [5, 5.41) is 0. The third-order valence-electron chi connectivity index (χ3n) is 2.80. The first-order valence-corrected chi connectivity index (χ1v) is 6.51. The van der Waals surface area contributed by atoms with Gasteiger partial charge in [-0.3, -0.25) is 19.3 Å². The highest BCUT2D eigenvalue weighted by Crippen LogP contribution is 2.25. The summed E-state index contributed by atoms with van der Waals surface area (Å²) < 4.78 is 0.740. The average molecular weight is 310 g/mol. The van der Waals surface area contributed by atoms with Crippen molar-refractivity contribution in [2.75, 3.05) is 6.54 Å². The van der Waals surface area contributed by atoms with Crippen LogP contribution in [0, 0.1) is 0 Å². The molecule has 2 amide bonds. The first kappa shape index (κ1) is 13.0. The number of ketones is 1. The Balaban J connectivity index is 2.26. The van der Waals surface area contributed by atoms with E-state index < -0.39 is 0 Å². The molecule has 0 bridgehead atoms. The first-order valence-electron chi connectivity index (χ1n) is 5.72. The molecule has 0 spiro atoms. The van der Waals surface area contributed by atoms with Crippen LogP contribution in [0.2, 0.25) is 0 Å². The highest BCUT2D eigenvalue weighted by Gasteiger charge is 2.36. The van der Waals surface area contributed by atoms with E-state index in [0.717, 1.165) is 9.37 Å². The van der Waals surface area contributed by atoms with Crippen molar-refractivity contribution >= 4 is 33.5 Å². The second-order valence-corrected chi connectivity index (χ2v) is 5.09. The van der Waals surface area contributed by atoms with E-state index >= 15 is 0 Å². The summed E-state index contributed by atoms with van der Waals surface area (Å²) in [4.78, 5) is 36.6. The van der Waals surface area contributed by atoms with E-state index in [1.807, 2.05) is 6.92 Å². The van der Waals surface area contributed by atoms with E-state index in [2.05, 4.69) is 15.9 Å². The molecule has 0 aliphatic carbocycles. The first-order chi connectivity index (χ1) is 8.54. The van der Waals surface area contributed by atoms with Crippen molar-refractivity contribution in [2.24, 2.45) is 0 Å². The van der Waals surface area contributed by atoms with Gasteiger partial charge in [-0.1, -0.05) is 22.9 Å². The lowest BCUT2D eigenvalue weighted by Crippen LogP contribution is -2.34. The molecule has 1 aromatic rings. The number of benzene rings is 1. The lowest BCUT2D eigenvalue weighted by Gasteiger charge is -2.12. The molecule has 0 radical (unpaired) electrons. The van der Waals surface area contributed by atoms with Gasteiger partial charge in [-0.2, -0.15) is 0 Å². The van der Waals surface area contributed by atoms with Crippen LogP contribution in [0.1, 0.15) is 40.5 Å². The predicted molar refractivity (Wildman–Crippen MR) is 69.4 cm³/mol. The lowest BCUT2D eigenvalue weighted by molar-refractivity contribution is -0.119. The summed E-state index contributed by atoms with van der Waals surface area (Å²) in [7, 11) is 0. The molecule has 0 saturated carbocycles. The fourth-order valence-electron chi connectivity index (χ4n) is 1.94. The second kappa shape index (κ2) is 5.02. The fourth-order valence-corrected chi connectivity index (χ4v) is 2.30. The van der Waals surface area contributed by atoms with Gasteiger partial charge in [-0.25, -0.2) is 0 Å². The Morgan fingerprint density at radius 1 is 1.22 bits per heavy atom. The fraction of sp³-hybridized carbons (Fsp3) is 0.308. The van der Waals surface area contributed by atoms with Crippen molar-refractivity contribution in [2.45, 2.75) is 19.8 Å².